The molecule has 0 aliphatic heterocycles. The Kier molecular flexibility index (Phi) is 2.73. The van der Waals surface area contributed by atoms with Gasteiger partial charge in [0.1, 0.15) is 0 Å². The van der Waals surface area contributed by atoms with Gasteiger partial charge in [-0.25, -0.2) is 0 Å². The van der Waals surface area contributed by atoms with Crippen LogP contribution in [0.2, 0.25) is 0 Å². The zero-order valence-corrected chi connectivity index (χ0v) is 11.8. The fraction of sp³-hybridized carbons (Fsp3) is 0.812. The summed E-state index contributed by atoms with van der Waals surface area (Å²) in [5.41, 5.74) is 7.24. The molecule has 4 saturated carbocycles. The lowest BCUT2D eigenvalue weighted by Crippen LogP contribution is -2.43. The van der Waals surface area contributed by atoms with Crippen molar-refractivity contribution in [3.05, 3.63) is 18.0 Å². The molecule has 2 N–H and O–H groups in total. The Morgan fingerprint density at radius 2 is 1.84 bits per heavy atom. The number of nitrogens with two attached hydrogens (primary N) is 1. The van der Waals surface area contributed by atoms with Crippen molar-refractivity contribution >= 4 is 0 Å². The lowest BCUT2D eigenvalue weighted by molar-refractivity contribution is -0.00281. The Labute approximate surface area is 115 Å². The van der Waals surface area contributed by atoms with Crippen molar-refractivity contribution in [2.24, 2.45) is 29.4 Å². The minimum Gasteiger partial charge on any atom is -0.328 e. The quantitative estimate of drug-likeness (QED) is 0.907. The van der Waals surface area contributed by atoms with Crippen molar-refractivity contribution in [3.8, 4) is 0 Å². The van der Waals surface area contributed by atoms with E-state index >= 15 is 0 Å². The van der Waals surface area contributed by atoms with E-state index in [9.17, 15) is 0 Å². The van der Waals surface area contributed by atoms with Crippen LogP contribution in [0.3, 0.4) is 0 Å². The zero-order chi connectivity index (χ0) is 13.0. The maximum Gasteiger partial charge on any atom is 0.0613 e. The maximum absolute atomic E-state index is 5.75. The van der Waals surface area contributed by atoms with Gasteiger partial charge in [0.15, 0.2) is 0 Å². The molecule has 1 heterocycles. The standard InChI is InChI=1S/C16H25N3/c1-10(7-17)19-9-15(8-18-19)16-13-3-11-2-12(5-13)6-14(16)4-11/h8-14,16H,2-7,17H2,1H3. The van der Waals surface area contributed by atoms with Crippen LogP contribution >= 0.6 is 0 Å². The molecule has 0 amide bonds. The largest absolute Gasteiger partial charge is 0.328 e. The van der Waals surface area contributed by atoms with E-state index in [0.29, 0.717) is 12.6 Å². The van der Waals surface area contributed by atoms with Gasteiger partial charge in [-0.3, -0.25) is 4.68 Å². The monoisotopic (exact) mass is 259 g/mol. The molecule has 1 aromatic heterocycles. The number of hydrogen-bond acceptors (Lipinski definition) is 2. The SMILES string of the molecule is CC(CN)n1cc(C2C3CC4CC(C3)CC2C4)cn1. The van der Waals surface area contributed by atoms with Crippen LogP contribution in [0.15, 0.2) is 12.4 Å². The summed E-state index contributed by atoms with van der Waals surface area (Å²) in [5, 5.41) is 4.56. The fourth-order valence-electron chi connectivity index (χ4n) is 5.34. The molecule has 104 valence electrons. The van der Waals surface area contributed by atoms with Crippen LogP contribution in [0.5, 0.6) is 0 Å². The topological polar surface area (TPSA) is 43.8 Å². The lowest BCUT2D eigenvalue weighted by atomic mass is 9.51. The van der Waals surface area contributed by atoms with Crippen molar-refractivity contribution in [1.82, 2.24) is 9.78 Å². The molecule has 3 heteroatoms. The predicted molar refractivity (Wildman–Crippen MR) is 75.8 cm³/mol. The Bertz CT molecular complexity index is 436. The van der Waals surface area contributed by atoms with Crippen molar-refractivity contribution in [2.45, 2.75) is 51.0 Å². The molecular weight excluding hydrogens is 234 g/mol. The van der Waals surface area contributed by atoms with E-state index in [1.54, 1.807) is 0 Å². The second-order valence-corrected chi connectivity index (χ2v) is 7.29. The molecule has 4 fully saturated rings. The third-order valence-electron chi connectivity index (χ3n) is 6.03. The summed E-state index contributed by atoms with van der Waals surface area (Å²) in [5.74, 6) is 4.80. The Morgan fingerprint density at radius 1 is 1.21 bits per heavy atom. The molecule has 4 aliphatic carbocycles. The summed E-state index contributed by atoms with van der Waals surface area (Å²) < 4.78 is 2.07. The van der Waals surface area contributed by atoms with Crippen LogP contribution in [0.4, 0.5) is 0 Å². The molecule has 5 rings (SSSR count). The normalized spacial score (nSPS) is 41.7. The lowest BCUT2D eigenvalue weighted by Gasteiger charge is -2.54. The van der Waals surface area contributed by atoms with E-state index in [1.165, 1.54) is 37.7 Å². The molecule has 1 aromatic rings. The van der Waals surface area contributed by atoms with Crippen molar-refractivity contribution in [1.29, 1.82) is 0 Å². The first-order chi connectivity index (χ1) is 9.24. The average molecular weight is 259 g/mol. The van der Waals surface area contributed by atoms with Gasteiger partial charge in [0.25, 0.3) is 0 Å². The first-order valence-corrected chi connectivity index (χ1v) is 7.98. The number of nitrogens with zero attached hydrogens (tertiary/aromatic N) is 2. The van der Waals surface area contributed by atoms with Gasteiger partial charge in [-0.15, -0.1) is 0 Å². The second-order valence-electron chi connectivity index (χ2n) is 7.29. The summed E-state index contributed by atoms with van der Waals surface area (Å²) in [6, 6.07) is 0.325. The van der Waals surface area contributed by atoms with E-state index in [1.807, 2.05) is 0 Å². The van der Waals surface area contributed by atoms with Crippen LogP contribution in [-0.4, -0.2) is 16.3 Å². The molecular formula is C16H25N3. The first-order valence-electron chi connectivity index (χ1n) is 7.98. The van der Waals surface area contributed by atoms with E-state index in [0.717, 1.165) is 29.6 Å². The number of hydrogen-bond donors (Lipinski definition) is 1. The van der Waals surface area contributed by atoms with Crippen molar-refractivity contribution < 1.29 is 0 Å². The van der Waals surface area contributed by atoms with Crippen LogP contribution in [-0.2, 0) is 0 Å². The number of rotatable bonds is 3. The highest BCUT2D eigenvalue weighted by atomic mass is 15.3. The highest BCUT2D eigenvalue weighted by Crippen LogP contribution is 2.59. The summed E-state index contributed by atoms with van der Waals surface area (Å²) >= 11 is 0. The van der Waals surface area contributed by atoms with E-state index in [2.05, 4.69) is 29.1 Å². The molecule has 4 bridgehead atoms. The third-order valence-corrected chi connectivity index (χ3v) is 6.03. The van der Waals surface area contributed by atoms with Gasteiger partial charge in [-0.1, -0.05) is 0 Å². The van der Waals surface area contributed by atoms with Gasteiger partial charge in [-0.2, -0.15) is 5.10 Å². The molecule has 0 spiro atoms. The summed E-state index contributed by atoms with van der Waals surface area (Å²) in [6.07, 6.45) is 11.9. The van der Waals surface area contributed by atoms with Crippen molar-refractivity contribution in [2.75, 3.05) is 6.54 Å². The Hall–Kier alpha value is -0.830. The van der Waals surface area contributed by atoms with Crippen molar-refractivity contribution in [3.63, 3.8) is 0 Å². The highest BCUT2D eigenvalue weighted by molar-refractivity contribution is 5.19. The molecule has 1 unspecified atom stereocenters. The summed E-state index contributed by atoms with van der Waals surface area (Å²) in [6.45, 7) is 2.82. The van der Waals surface area contributed by atoms with E-state index in [-0.39, 0.29) is 0 Å². The highest BCUT2D eigenvalue weighted by Gasteiger charge is 2.48. The van der Waals surface area contributed by atoms with Gasteiger partial charge >= 0.3 is 0 Å². The van der Waals surface area contributed by atoms with Crippen LogP contribution in [0, 0.1) is 23.7 Å². The Balaban J connectivity index is 1.60. The van der Waals surface area contributed by atoms with E-state index in [4.69, 9.17) is 5.73 Å². The average Bonchev–Trinajstić information content (AvgIpc) is 2.86. The minimum atomic E-state index is 0.325. The number of aromatic nitrogens is 2. The first kappa shape index (κ1) is 12.0. The molecule has 0 aromatic carbocycles. The van der Waals surface area contributed by atoms with Gasteiger partial charge < -0.3 is 5.73 Å². The summed E-state index contributed by atoms with van der Waals surface area (Å²) in [4.78, 5) is 0. The third kappa shape index (κ3) is 1.85. The van der Waals surface area contributed by atoms with Crippen LogP contribution in [0.25, 0.3) is 0 Å². The Morgan fingerprint density at radius 3 is 2.42 bits per heavy atom. The molecule has 0 saturated heterocycles. The minimum absolute atomic E-state index is 0.325. The fourth-order valence-corrected chi connectivity index (χ4v) is 5.34. The predicted octanol–water partition coefficient (Wildman–Crippen LogP) is 2.94. The molecule has 3 nitrogen and oxygen atoms in total. The molecule has 1 atom stereocenters. The van der Waals surface area contributed by atoms with Crippen LogP contribution in [0.1, 0.15) is 56.6 Å². The second kappa shape index (κ2) is 4.34. The summed E-state index contributed by atoms with van der Waals surface area (Å²) in [7, 11) is 0. The van der Waals surface area contributed by atoms with Crippen LogP contribution < -0.4 is 5.73 Å². The van der Waals surface area contributed by atoms with E-state index < -0.39 is 0 Å². The zero-order valence-electron chi connectivity index (χ0n) is 11.8. The van der Waals surface area contributed by atoms with Gasteiger partial charge in [0, 0.05) is 12.7 Å². The van der Waals surface area contributed by atoms with Gasteiger partial charge in [0.05, 0.1) is 12.2 Å². The maximum atomic E-state index is 5.75. The molecule has 0 radical (unpaired) electrons. The smallest absolute Gasteiger partial charge is 0.0613 e. The van der Waals surface area contributed by atoms with Gasteiger partial charge in [-0.05, 0) is 74.2 Å². The molecule has 4 aliphatic rings. The van der Waals surface area contributed by atoms with Gasteiger partial charge in [0.2, 0.25) is 0 Å². The molecule has 19 heavy (non-hydrogen) atoms.